The van der Waals surface area contributed by atoms with Crippen LogP contribution in [0.25, 0.3) is 0 Å². The van der Waals surface area contributed by atoms with E-state index in [9.17, 15) is 8.42 Å². The quantitative estimate of drug-likeness (QED) is 0.492. The smallest absolute Gasteiger partial charge is 0.257 e. The van der Waals surface area contributed by atoms with Crippen molar-refractivity contribution in [1.82, 2.24) is 0 Å². The molecule has 0 atom stereocenters. The van der Waals surface area contributed by atoms with E-state index in [0.29, 0.717) is 23.7 Å². The van der Waals surface area contributed by atoms with Crippen molar-refractivity contribution in [3.05, 3.63) is 22.7 Å². The Kier molecular flexibility index (Phi) is 5.01. The van der Waals surface area contributed by atoms with Crippen LogP contribution in [-0.4, -0.2) is 27.1 Å². The highest BCUT2D eigenvalue weighted by Gasteiger charge is 2.32. The summed E-state index contributed by atoms with van der Waals surface area (Å²) in [6.45, 7) is 5.26. The molecule has 0 saturated carbocycles. The maximum Gasteiger partial charge on any atom is 0.257 e. The highest BCUT2D eigenvalue weighted by molar-refractivity contribution is 7.67. The first-order chi connectivity index (χ1) is 9.81. The maximum atomic E-state index is 10.4. The number of rotatable bonds is 5. The average Bonchev–Trinajstić information content (AvgIpc) is 2.38. The molecule has 0 bridgehead atoms. The van der Waals surface area contributed by atoms with Gasteiger partial charge in [0.2, 0.25) is 0 Å². The molecule has 0 saturated heterocycles. The Balaban J connectivity index is 2.19. The molecule has 1 aromatic carbocycles. The summed E-state index contributed by atoms with van der Waals surface area (Å²) in [7, 11) is -2.77. The van der Waals surface area contributed by atoms with Gasteiger partial charge in [0.1, 0.15) is 0 Å². The fourth-order valence-corrected chi connectivity index (χ4v) is 3.20. The summed E-state index contributed by atoms with van der Waals surface area (Å²) in [6.07, 6.45) is 2.61. The number of halogens is 1. The number of anilines is 2. The summed E-state index contributed by atoms with van der Waals surface area (Å²) in [5.74, 6) is 0. The topological polar surface area (TPSA) is 72.6 Å². The minimum absolute atomic E-state index is 0.00783. The van der Waals surface area contributed by atoms with Crippen LogP contribution < -0.4 is 10.6 Å². The first kappa shape index (κ1) is 16.4. The third-order valence-electron chi connectivity index (χ3n) is 3.95. The van der Waals surface area contributed by atoms with Crippen molar-refractivity contribution in [2.75, 3.05) is 23.8 Å². The molecule has 2 rings (SSSR count). The fourth-order valence-electron chi connectivity index (χ4n) is 2.76. The standard InChI is InChI=1S/C14H21ClN2O3S/c1-14(2)5-4-10-8-12(16)11(15)9-13(10)17(14)6-3-7-20-21(18)19/h8-9,21H,3-7,16H2,1-2H3. The number of aryl methyl sites for hydroxylation is 1. The Morgan fingerprint density at radius 2 is 2.14 bits per heavy atom. The summed E-state index contributed by atoms with van der Waals surface area (Å²) in [4.78, 5) is 2.26. The van der Waals surface area contributed by atoms with Crippen molar-refractivity contribution in [3.63, 3.8) is 0 Å². The molecule has 0 aromatic heterocycles. The largest absolute Gasteiger partial charge is 0.398 e. The molecule has 7 heteroatoms. The van der Waals surface area contributed by atoms with E-state index in [0.717, 1.165) is 18.5 Å². The molecule has 0 fully saturated rings. The van der Waals surface area contributed by atoms with Gasteiger partial charge in [0.05, 0.1) is 17.3 Å². The van der Waals surface area contributed by atoms with Crippen LogP contribution in [0.4, 0.5) is 11.4 Å². The second kappa shape index (κ2) is 6.42. The summed E-state index contributed by atoms with van der Waals surface area (Å²) >= 11 is 6.15. The van der Waals surface area contributed by atoms with Gasteiger partial charge in [-0.3, -0.25) is 4.18 Å². The minimum Gasteiger partial charge on any atom is -0.398 e. The highest BCUT2D eigenvalue weighted by atomic mass is 35.5. The van der Waals surface area contributed by atoms with Gasteiger partial charge in [0, 0.05) is 17.8 Å². The zero-order chi connectivity index (χ0) is 15.6. The van der Waals surface area contributed by atoms with Gasteiger partial charge in [-0.2, -0.15) is 0 Å². The van der Waals surface area contributed by atoms with Crippen LogP contribution in [0, 0.1) is 0 Å². The Labute approximate surface area is 132 Å². The van der Waals surface area contributed by atoms with Crippen molar-refractivity contribution < 1.29 is 12.6 Å². The molecule has 118 valence electrons. The van der Waals surface area contributed by atoms with Gasteiger partial charge in [-0.25, -0.2) is 8.42 Å². The Hall–Kier alpha value is -0.980. The lowest BCUT2D eigenvalue weighted by Crippen LogP contribution is -2.48. The number of nitrogens with two attached hydrogens (primary N) is 1. The molecule has 0 amide bonds. The third-order valence-corrected chi connectivity index (χ3v) is 4.67. The molecule has 0 unspecified atom stereocenters. The first-order valence-electron chi connectivity index (χ1n) is 6.94. The van der Waals surface area contributed by atoms with E-state index in [4.69, 9.17) is 17.3 Å². The molecular formula is C14H21ClN2O3S. The predicted octanol–water partition coefficient (Wildman–Crippen LogP) is 2.39. The lowest BCUT2D eigenvalue weighted by Gasteiger charge is -2.45. The molecule has 5 nitrogen and oxygen atoms in total. The monoisotopic (exact) mass is 332 g/mol. The zero-order valence-electron chi connectivity index (χ0n) is 12.3. The molecule has 21 heavy (non-hydrogen) atoms. The number of thiol groups is 1. The molecular weight excluding hydrogens is 312 g/mol. The van der Waals surface area contributed by atoms with Crippen LogP contribution in [0.2, 0.25) is 5.02 Å². The summed E-state index contributed by atoms with van der Waals surface area (Å²) in [5, 5.41) is 0.551. The van der Waals surface area contributed by atoms with Gasteiger partial charge in [0.25, 0.3) is 11.0 Å². The highest BCUT2D eigenvalue weighted by Crippen LogP contribution is 2.40. The van der Waals surface area contributed by atoms with Crippen LogP contribution in [0.15, 0.2) is 12.1 Å². The zero-order valence-corrected chi connectivity index (χ0v) is 13.9. The maximum absolute atomic E-state index is 10.4. The van der Waals surface area contributed by atoms with Crippen LogP contribution >= 0.6 is 11.6 Å². The summed E-state index contributed by atoms with van der Waals surface area (Å²) < 4.78 is 25.5. The van der Waals surface area contributed by atoms with E-state index in [2.05, 4.69) is 22.9 Å². The third kappa shape index (κ3) is 3.81. The number of benzene rings is 1. The van der Waals surface area contributed by atoms with E-state index in [1.165, 1.54) is 5.56 Å². The number of hydrogen-bond donors (Lipinski definition) is 2. The van der Waals surface area contributed by atoms with E-state index in [1.807, 2.05) is 12.1 Å². The molecule has 0 aliphatic carbocycles. The van der Waals surface area contributed by atoms with E-state index >= 15 is 0 Å². The van der Waals surface area contributed by atoms with E-state index in [1.54, 1.807) is 0 Å². The first-order valence-corrected chi connectivity index (χ1v) is 8.41. The van der Waals surface area contributed by atoms with Gasteiger partial charge < -0.3 is 10.6 Å². The molecule has 1 aliphatic heterocycles. The number of hydrogen-bond acceptors (Lipinski definition) is 5. The van der Waals surface area contributed by atoms with Gasteiger partial charge >= 0.3 is 0 Å². The summed E-state index contributed by atoms with van der Waals surface area (Å²) in [6, 6.07) is 3.84. The van der Waals surface area contributed by atoms with Crippen molar-refractivity contribution in [1.29, 1.82) is 0 Å². The molecule has 0 radical (unpaired) electrons. The Bertz CT molecular complexity index is 594. The number of nitrogens with zero attached hydrogens (tertiary/aromatic N) is 1. The number of nitrogen functional groups attached to an aromatic ring is 1. The van der Waals surface area contributed by atoms with Gasteiger partial charge in [-0.1, -0.05) is 11.6 Å². The molecule has 1 aliphatic rings. The van der Waals surface area contributed by atoms with E-state index in [-0.39, 0.29) is 12.1 Å². The average molecular weight is 333 g/mol. The molecule has 1 heterocycles. The van der Waals surface area contributed by atoms with E-state index < -0.39 is 11.0 Å². The summed E-state index contributed by atoms with van der Waals surface area (Å²) in [5.41, 5.74) is 8.73. The van der Waals surface area contributed by atoms with Crippen LogP contribution in [0.3, 0.4) is 0 Å². The predicted molar refractivity (Wildman–Crippen MR) is 86.5 cm³/mol. The SMILES string of the molecule is CC1(C)CCc2cc(N)c(Cl)cc2N1CCCO[SH](=O)=O. The van der Waals surface area contributed by atoms with Crippen LogP contribution in [-0.2, 0) is 21.6 Å². The molecule has 0 spiro atoms. The minimum atomic E-state index is -2.77. The second-order valence-electron chi connectivity index (χ2n) is 5.88. The van der Waals surface area contributed by atoms with Gasteiger partial charge in [0.15, 0.2) is 0 Å². The normalized spacial score (nSPS) is 17.0. The van der Waals surface area contributed by atoms with Gasteiger partial charge in [-0.15, -0.1) is 0 Å². The van der Waals surface area contributed by atoms with Crippen molar-refractivity contribution in [2.45, 2.75) is 38.6 Å². The van der Waals surface area contributed by atoms with Gasteiger partial charge in [-0.05, 0) is 50.8 Å². The van der Waals surface area contributed by atoms with Crippen LogP contribution in [0.1, 0.15) is 32.3 Å². The fraction of sp³-hybridized carbons (Fsp3) is 0.571. The number of fused-ring (bicyclic) bond motifs is 1. The lowest BCUT2D eigenvalue weighted by atomic mass is 9.86. The van der Waals surface area contributed by atoms with Crippen molar-refractivity contribution in [3.8, 4) is 0 Å². The van der Waals surface area contributed by atoms with Crippen LogP contribution in [0.5, 0.6) is 0 Å². The lowest BCUT2D eigenvalue weighted by molar-refractivity contribution is 0.316. The second-order valence-corrected chi connectivity index (χ2v) is 6.99. The van der Waals surface area contributed by atoms with Crippen molar-refractivity contribution in [2.24, 2.45) is 0 Å². The van der Waals surface area contributed by atoms with Crippen molar-refractivity contribution >= 4 is 34.0 Å². The molecule has 1 aromatic rings. The molecule has 2 N–H and O–H groups in total. The Morgan fingerprint density at radius 3 is 2.81 bits per heavy atom. The Morgan fingerprint density at radius 1 is 1.43 bits per heavy atom.